The Labute approximate surface area is 114 Å². The molecule has 0 fully saturated rings. The van der Waals surface area contributed by atoms with Crippen molar-refractivity contribution in [2.45, 2.75) is 29.9 Å². The summed E-state index contributed by atoms with van der Waals surface area (Å²) in [4.78, 5) is 0.395. The van der Waals surface area contributed by atoms with Crippen LogP contribution in [0.1, 0.15) is 19.8 Å². The van der Waals surface area contributed by atoms with Gasteiger partial charge in [0.2, 0.25) is 0 Å². The van der Waals surface area contributed by atoms with Crippen LogP contribution in [0.15, 0.2) is 47.4 Å². The topological polar surface area (TPSA) is 60.2 Å². The zero-order valence-electron chi connectivity index (χ0n) is 11.0. The summed E-state index contributed by atoms with van der Waals surface area (Å²) in [5.41, 5.74) is 5.51. The average molecular weight is 277 g/mol. The van der Waals surface area contributed by atoms with Crippen molar-refractivity contribution in [2.24, 2.45) is 5.73 Å². The van der Waals surface area contributed by atoms with Crippen LogP contribution in [0.4, 0.5) is 0 Å². The van der Waals surface area contributed by atoms with Gasteiger partial charge in [-0.1, -0.05) is 37.3 Å². The first-order chi connectivity index (χ1) is 9.09. The third kappa shape index (κ3) is 2.80. The second-order valence-corrected chi connectivity index (χ2v) is 6.89. The molecule has 102 valence electrons. The Bertz CT molecular complexity index is 665. The third-order valence-electron chi connectivity index (χ3n) is 3.43. The highest BCUT2D eigenvalue weighted by Gasteiger charge is 2.25. The van der Waals surface area contributed by atoms with Crippen LogP contribution in [0, 0.1) is 0 Å². The highest BCUT2D eigenvalue weighted by Crippen LogP contribution is 2.24. The lowest BCUT2D eigenvalue weighted by Gasteiger charge is -2.15. The van der Waals surface area contributed by atoms with Crippen molar-refractivity contribution in [1.29, 1.82) is 0 Å². The van der Waals surface area contributed by atoms with Crippen molar-refractivity contribution >= 4 is 20.6 Å². The molecule has 0 aliphatic rings. The second kappa shape index (κ2) is 5.72. The molecule has 0 aliphatic carbocycles. The lowest BCUT2D eigenvalue weighted by Crippen LogP contribution is -2.23. The Balaban J connectivity index is 2.48. The van der Waals surface area contributed by atoms with Crippen molar-refractivity contribution in [3.63, 3.8) is 0 Å². The van der Waals surface area contributed by atoms with E-state index in [1.165, 1.54) is 0 Å². The third-order valence-corrected chi connectivity index (χ3v) is 5.79. The number of sulfone groups is 1. The second-order valence-electron chi connectivity index (χ2n) is 4.66. The van der Waals surface area contributed by atoms with Gasteiger partial charge in [0.25, 0.3) is 0 Å². The molecule has 2 rings (SSSR count). The maximum atomic E-state index is 12.5. The number of rotatable bonds is 5. The van der Waals surface area contributed by atoms with Gasteiger partial charge < -0.3 is 5.73 Å². The van der Waals surface area contributed by atoms with Gasteiger partial charge in [-0.25, -0.2) is 8.42 Å². The fourth-order valence-corrected chi connectivity index (χ4v) is 4.12. The molecule has 0 heterocycles. The van der Waals surface area contributed by atoms with Crippen LogP contribution < -0.4 is 5.73 Å². The summed E-state index contributed by atoms with van der Waals surface area (Å²) >= 11 is 0. The Morgan fingerprint density at radius 2 is 1.79 bits per heavy atom. The summed E-state index contributed by atoms with van der Waals surface area (Å²) in [6.45, 7) is 2.28. The SMILES string of the molecule is CCC(CCN)S(=O)(=O)c1ccc2ccccc2c1. The summed E-state index contributed by atoms with van der Waals surface area (Å²) in [6.07, 6.45) is 1.10. The molecule has 0 aromatic heterocycles. The molecule has 0 saturated heterocycles. The van der Waals surface area contributed by atoms with Crippen LogP contribution in [0.5, 0.6) is 0 Å². The fourth-order valence-electron chi connectivity index (χ4n) is 2.30. The zero-order chi connectivity index (χ0) is 13.9. The van der Waals surface area contributed by atoms with E-state index in [2.05, 4.69) is 0 Å². The normalized spacial score (nSPS) is 13.6. The van der Waals surface area contributed by atoms with E-state index in [4.69, 9.17) is 5.73 Å². The van der Waals surface area contributed by atoms with E-state index in [1.54, 1.807) is 12.1 Å². The first-order valence-electron chi connectivity index (χ1n) is 6.52. The van der Waals surface area contributed by atoms with Crippen LogP contribution >= 0.6 is 0 Å². The molecule has 2 aromatic carbocycles. The predicted molar refractivity (Wildman–Crippen MR) is 78.9 cm³/mol. The maximum Gasteiger partial charge on any atom is 0.181 e. The number of nitrogens with two attached hydrogens (primary N) is 1. The van der Waals surface area contributed by atoms with Gasteiger partial charge in [0, 0.05) is 0 Å². The molecule has 0 amide bonds. The van der Waals surface area contributed by atoms with E-state index in [9.17, 15) is 8.42 Å². The first kappa shape index (κ1) is 14.0. The molecule has 3 nitrogen and oxygen atoms in total. The van der Waals surface area contributed by atoms with Gasteiger partial charge in [-0.15, -0.1) is 0 Å². The molecule has 2 N–H and O–H groups in total. The monoisotopic (exact) mass is 277 g/mol. The number of benzene rings is 2. The molecule has 0 saturated carbocycles. The molecule has 1 atom stereocenters. The average Bonchev–Trinajstić information content (AvgIpc) is 2.44. The smallest absolute Gasteiger partial charge is 0.181 e. The minimum Gasteiger partial charge on any atom is -0.330 e. The summed E-state index contributed by atoms with van der Waals surface area (Å²) < 4.78 is 25.1. The molecule has 19 heavy (non-hydrogen) atoms. The lowest BCUT2D eigenvalue weighted by atomic mass is 10.1. The van der Waals surface area contributed by atoms with Crippen molar-refractivity contribution in [1.82, 2.24) is 0 Å². The fraction of sp³-hybridized carbons (Fsp3) is 0.333. The van der Waals surface area contributed by atoms with E-state index in [1.807, 2.05) is 37.3 Å². The highest BCUT2D eigenvalue weighted by atomic mass is 32.2. The van der Waals surface area contributed by atoms with Gasteiger partial charge in [-0.3, -0.25) is 0 Å². The molecular formula is C15H19NO2S. The van der Waals surface area contributed by atoms with Gasteiger partial charge >= 0.3 is 0 Å². The lowest BCUT2D eigenvalue weighted by molar-refractivity contribution is 0.567. The molecule has 1 unspecified atom stereocenters. The van der Waals surface area contributed by atoms with Gasteiger partial charge in [0.1, 0.15) is 0 Å². The number of hydrogen-bond acceptors (Lipinski definition) is 3. The van der Waals surface area contributed by atoms with Crippen molar-refractivity contribution in [3.8, 4) is 0 Å². The van der Waals surface area contributed by atoms with E-state index in [0.717, 1.165) is 10.8 Å². The van der Waals surface area contributed by atoms with Gasteiger partial charge in [0.05, 0.1) is 10.1 Å². The Kier molecular flexibility index (Phi) is 4.22. The van der Waals surface area contributed by atoms with Crippen LogP contribution in [0.25, 0.3) is 10.8 Å². The predicted octanol–water partition coefficient (Wildman–Crippen LogP) is 2.74. The quantitative estimate of drug-likeness (QED) is 0.914. The van der Waals surface area contributed by atoms with Crippen molar-refractivity contribution in [2.75, 3.05) is 6.54 Å². The maximum absolute atomic E-state index is 12.5. The molecule has 2 aromatic rings. The number of hydrogen-bond donors (Lipinski definition) is 1. The minimum absolute atomic E-state index is 0.390. The molecule has 0 radical (unpaired) electrons. The molecule has 4 heteroatoms. The van der Waals surface area contributed by atoms with Gasteiger partial charge in [-0.2, -0.15) is 0 Å². The van der Waals surface area contributed by atoms with Gasteiger partial charge in [-0.05, 0) is 42.3 Å². The molecule has 0 aliphatic heterocycles. The van der Waals surface area contributed by atoms with E-state index in [-0.39, 0.29) is 0 Å². The molecular weight excluding hydrogens is 258 g/mol. The Morgan fingerprint density at radius 1 is 1.11 bits per heavy atom. The standard InChI is InChI=1S/C15H19NO2S/c1-2-14(9-10-16)19(17,18)15-8-7-12-5-3-4-6-13(12)11-15/h3-8,11,14H,2,9-10,16H2,1H3. The Hall–Kier alpha value is -1.39. The van der Waals surface area contributed by atoms with Gasteiger partial charge in [0.15, 0.2) is 9.84 Å². The van der Waals surface area contributed by atoms with Crippen molar-refractivity contribution < 1.29 is 8.42 Å². The molecule has 0 spiro atoms. The zero-order valence-corrected chi connectivity index (χ0v) is 11.9. The van der Waals surface area contributed by atoms with E-state index >= 15 is 0 Å². The van der Waals surface area contributed by atoms with E-state index < -0.39 is 15.1 Å². The largest absolute Gasteiger partial charge is 0.330 e. The summed E-state index contributed by atoms with van der Waals surface area (Å²) in [7, 11) is -3.28. The highest BCUT2D eigenvalue weighted by molar-refractivity contribution is 7.92. The van der Waals surface area contributed by atoms with Crippen LogP contribution in [0.2, 0.25) is 0 Å². The first-order valence-corrected chi connectivity index (χ1v) is 8.07. The van der Waals surface area contributed by atoms with E-state index in [0.29, 0.717) is 24.3 Å². The molecule has 0 bridgehead atoms. The number of fused-ring (bicyclic) bond motifs is 1. The summed E-state index contributed by atoms with van der Waals surface area (Å²) in [6, 6.07) is 13.1. The van der Waals surface area contributed by atoms with Crippen LogP contribution in [0.3, 0.4) is 0 Å². The Morgan fingerprint density at radius 3 is 2.42 bits per heavy atom. The van der Waals surface area contributed by atoms with Crippen LogP contribution in [-0.4, -0.2) is 20.2 Å². The van der Waals surface area contributed by atoms with Crippen LogP contribution in [-0.2, 0) is 9.84 Å². The summed E-state index contributed by atoms with van der Waals surface area (Å²) in [5.74, 6) is 0. The summed E-state index contributed by atoms with van der Waals surface area (Å²) in [5, 5.41) is 1.61. The minimum atomic E-state index is -3.28. The van der Waals surface area contributed by atoms with Crippen molar-refractivity contribution in [3.05, 3.63) is 42.5 Å².